The predicted molar refractivity (Wildman–Crippen MR) is 112 cm³/mol. The van der Waals surface area contributed by atoms with Crippen LogP contribution < -0.4 is 4.74 Å². The highest BCUT2D eigenvalue weighted by atomic mass is 35.5. The third-order valence-corrected chi connectivity index (χ3v) is 5.07. The lowest BCUT2D eigenvalue weighted by Gasteiger charge is -2.19. The van der Waals surface area contributed by atoms with Crippen molar-refractivity contribution in [1.29, 1.82) is 0 Å². The van der Waals surface area contributed by atoms with Gasteiger partial charge < -0.3 is 14.8 Å². The summed E-state index contributed by atoms with van der Waals surface area (Å²) in [5, 5.41) is 9.86. The highest BCUT2D eigenvalue weighted by Crippen LogP contribution is 2.31. The van der Waals surface area contributed by atoms with E-state index in [1.165, 1.54) is 0 Å². The zero-order valence-electron chi connectivity index (χ0n) is 15.8. The van der Waals surface area contributed by atoms with E-state index in [0.717, 1.165) is 5.56 Å². The van der Waals surface area contributed by atoms with Crippen molar-refractivity contribution < 1.29 is 14.6 Å². The minimum Gasteiger partial charge on any atom is -0.481 e. The van der Waals surface area contributed by atoms with E-state index >= 15 is 0 Å². The van der Waals surface area contributed by atoms with Crippen LogP contribution in [-0.4, -0.2) is 26.0 Å². The van der Waals surface area contributed by atoms with Gasteiger partial charge in [0.25, 0.3) is 0 Å². The van der Waals surface area contributed by atoms with Crippen LogP contribution in [0, 0.1) is 0 Å². The molecule has 0 aliphatic heterocycles. The number of nitrogens with one attached hydrogen (secondary N) is 1. The van der Waals surface area contributed by atoms with Crippen molar-refractivity contribution in [3.8, 4) is 23.0 Å². The smallest absolute Gasteiger partial charge is 0.313 e. The maximum atomic E-state index is 11.4. The van der Waals surface area contributed by atoms with Crippen molar-refractivity contribution >= 4 is 28.7 Å². The summed E-state index contributed by atoms with van der Waals surface area (Å²) in [6.45, 7) is 3.31. The number of rotatable bonds is 5. The number of carbonyl (C=O) groups is 1. The lowest BCUT2D eigenvalue weighted by Crippen LogP contribution is -2.28. The molecule has 4 rings (SSSR count). The van der Waals surface area contributed by atoms with Crippen LogP contribution in [0.5, 0.6) is 11.8 Å². The number of ether oxygens (including phenoxy) is 1. The number of nitrogens with zero attached hydrogens (tertiary/aromatic N) is 2. The second-order valence-corrected chi connectivity index (χ2v) is 7.56. The third-order valence-electron chi connectivity index (χ3n) is 4.78. The van der Waals surface area contributed by atoms with Gasteiger partial charge in [0.2, 0.25) is 0 Å². The molecule has 2 aromatic heterocycles. The number of aliphatic carboxylic acids is 1. The van der Waals surface area contributed by atoms with E-state index in [1.807, 2.05) is 30.3 Å². The number of benzene rings is 2. The molecule has 29 heavy (non-hydrogen) atoms. The summed E-state index contributed by atoms with van der Waals surface area (Å²) < 4.78 is 5.78. The minimum atomic E-state index is -0.980. The van der Waals surface area contributed by atoms with E-state index < -0.39 is 11.4 Å². The molecule has 0 radical (unpaired) electrons. The number of pyridine rings is 1. The molecule has 2 heterocycles. The molecule has 0 bridgehead atoms. The van der Waals surface area contributed by atoms with Crippen LogP contribution in [0.2, 0.25) is 5.02 Å². The number of carboxylic acids is 1. The lowest BCUT2D eigenvalue weighted by atomic mass is 9.85. The zero-order chi connectivity index (χ0) is 20.6. The molecule has 4 aromatic rings. The summed E-state index contributed by atoms with van der Waals surface area (Å²) in [7, 11) is 0. The Morgan fingerprint density at radius 3 is 2.41 bits per heavy atom. The maximum absolute atomic E-state index is 11.4. The summed E-state index contributed by atoms with van der Waals surface area (Å²) >= 11 is 6.39. The van der Waals surface area contributed by atoms with Gasteiger partial charge in [0, 0.05) is 5.56 Å². The highest BCUT2D eigenvalue weighted by Gasteiger charge is 2.29. The van der Waals surface area contributed by atoms with Gasteiger partial charge in [-0.1, -0.05) is 54.1 Å². The lowest BCUT2D eigenvalue weighted by molar-refractivity contribution is -0.142. The molecular weight excluding hydrogens is 390 g/mol. The normalized spacial score (nSPS) is 11.6. The molecule has 0 spiro atoms. The number of aromatic amines is 1. The molecule has 0 saturated heterocycles. The number of hydrogen-bond donors (Lipinski definition) is 2. The molecule has 0 unspecified atom stereocenters. The highest BCUT2D eigenvalue weighted by molar-refractivity contribution is 6.33. The first-order valence-corrected chi connectivity index (χ1v) is 9.36. The van der Waals surface area contributed by atoms with Crippen molar-refractivity contribution in [1.82, 2.24) is 15.0 Å². The maximum Gasteiger partial charge on any atom is 0.313 e. The average molecular weight is 408 g/mol. The van der Waals surface area contributed by atoms with Gasteiger partial charge in [0.1, 0.15) is 5.75 Å². The van der Waals surface area contributed by atoms with E-state index in [1.54, 1.807) is 44.2 Å². The Morgan fingerprint density at radius 2 is 1.76 bits per heavy atom. The monoisotopic (exact) mass is 407 g/mol. The van der Waals surface area contributed by atoms with Crippen LogP contribution in [0.4, 0.5) is 0 Å². The van der Waals surface area contributed by atoms with Crippen LogP contribution in [0.3, 0.4) is 0 Å². The Bertz CT molecular complexity index is 1190. The molecule has 2 N–H and O–H groups in total. The molecule has 146 valence electrons. The number of H-pyrrole nitrogens is 1. The topological polar surface area (TPSA) is 88.1 Å². The van der Waals surface area contributed by atoms with Crippen LogP contribution in [0.25, 0.3) is 22.4 Å². The van der Waals surface area contributed by atoms with E-state index in [2.05, 4.69) is 15.0 Å². The molecule has 6 nitrogen and oxygen atoms in total. The van der Waals surface area contributed by atoms with Crippen LogP contribution in [0.1, 0.15) is 19.4 Å². The fourth-order valence-electron chi connectivity index (χ4n) is 2.92. The summed E-state index contributed by atoms with van der Waals surface area (Å²) in [5.41, 5.74) is 2.41. The molecule has 0 amide bonds. The molecule has 0 fully saturated rings. The van der Waals surface area contributed by atoms with Crippen molar-refractivity contribution in [2.24, 2.45) is 0 Å². The van der Waals surface area contributed by atoms with Crippen LogP contribution in [0.15, 0.2) is 60.7 Å². The second-order valence-electron chi connectivity index (χ2n) is 7.15. The van der Waals surface area contributed by atoms with Gasteiger partial charge in [0.15, 0.2) is 5.65 Å². The first-order valence-electron chi connectivity index (χ1n) is 8.98. The average Bonchev–Trinajstić information content (AvgIpc) is 3.09. The minimum absolute atomic E-state index is 0.277. The second kappa shape index (κ2) is 7.22. The molecule has 0 aliphatic carbocycles. The summed E-state index contributed by atoms with van der Waals surface area (Å²) in [6, 6.07) is 18.6. The van der Waals surface area contributed by atoms with E-state index in [0.29, 0.717) is 33.2 Å². The van der Waals surface area contributed by atoms with Gasteiger partial charge in [-0.3, -0.25) is 4.79 Å². The fourth-order valence-corrected chi connectivity index (χ4v) is 3.18. The van der Waals surface area contributed by atoms with Crippen LogP contribution in [-0.2, 0) is 10.2 Å². The molecule has 0 aliphatic rings. The summed E-state index contributed by atoms with van der Waals surface area (Å²) in [6.07, 6.45) is 0. The number of fused-ring (bicyclic) bond motifs is 1. The van der Waals surface area contributed by atoms with Crippen LogP contribution >= 0.6 is 11.6 Å². The third kappa shape index (κ3) is 3.67. The van der Waals surface area contributed by atoms with Crippen molar-refractivity contribution in [3.05, 3.63) is 71.2 Å². The Kier molecular flexibility index (Phi) is 4.72. The zero-order valence-corrected chi connectivity index (χ0v) is 16.6. The SMILES string of the molecule is CC(C)(C(=O)O)c1ccc(Oc2nc3nc(-c4ccccc4)c(Cl)cc3[nH]2)cc1. The number of imidazole rings is 1. The van der Waals surface area contributed by atoms with Crippen molar-refractivity contribution in [2.45, 2.75) is 19.3 Å². The Hall–Kier alpha value is -3.38. The Morgan fingerprint density at radius 1 is 1.07 bits per heavy atom. The number of aromatic nitrogens is 3. The first-order chi connectivity index (χ1) is 13.8. The quantitative estimate of drug-likeness (QED) is 0.460. The van der Waals surface area contributed by atoms with E-state index in [-0.39, 0.29) is 6.01 Å². The fraction of sp³-hybridized carbons (Fsp3) is 0.136. The Balaban J connectivity index is 1.61. The molecule has 0 saturated carbocycles. The predicted octanol–water partition coefficient (Wildman–Crippen LogP) is 5.43. The number of halogens is 1. The molecule has 0 atom stereocenters. The van der Waals surface area contributed by atoms with Gasteiger partial charge in [-0.15, -0.1) is 0 Å². The number of hydrogen-bond acceptors (Lipinski definition) is 4. The summed E-state index contributed by atoms with van der Waals surface area (Å²) in [4.78, 5) is 23.4. The van der Waals surface area contributed by atoms with E-state index in [9.17, 15) is 9.90 Å². The van der Waals surface area contributed by atoms with E-state index in [4.69, 9.17) is 16.3 Å². The molecule has 2 aromatic carbocycles. The van der Waals surface area contributed by atoms with Crippen molar-refractivity contribution in [3.63, 3.8) is 0 Å². The van der Waals surface area contributed by atoms with Gasteiger partial charge in [-0.2, -0.15) is 4.98 Å². The van der Waals surface area contributed by atoms with Gasteiger partial charge >= 0.3 is 12.0 Å². The molecular formula is C22H18ClN3O3. The largest absolute Gasteiger partial charge is 0.481 e. The summed E-state index contributed by atoms with van der Waals surface area (Å²) in [5.74, 6) is -0.357. The van der Waals surface area contributed by atoms with Gasteiger partial charge in [0.05, 0.1) is 21.6 Å². The van der Waals surface area contributed by atoms with Gasteiger partial charge in [-0.25, -0.2) is 4.98 Å². The van der Waals surface area contributed by atoms with Gasteiger partial charge in [-0.05, 0) is 37.6 Å². The van der Waals surface area contributed by atoms with Crippen molar-refractivity contribution in [2.75, 3.05) is 0 Å². The Labute approximate surface area is 172 Å². The number of carboxylic acid groups (broad SMARTS) is 1. The molecule has 7 heteroatoms. The standard InChI is InChI=1S/C22H18ClN3O3/c1-22(2,20(27)28)14-8-10-15(11-9-14)29-21-24-17-12-16(23)18(25-19(17)26-21)13-6-4-3-5-7-13/h3-12H,1-2H3,(H,27,28)(H,24,25,26). The first kappa shape index (κ1) is 19.0.